The Hall–Kier alpha value is -3.54. The summed E-state index contributed by atoms with van der Waals surface area (Å²) in [5, 5.41) is 13.4. The van der Waals surface area contributed by atoms with Crippen molar-refractivity contribution in [3.05, 3.63) is 80.1 Å². The number of nitrogens with one attached hydrogen (secondary N) is 1. The topological polar surface area (TPSA) is 87.8 Å². The maximum atomic E-state index is 14.1. The minimum atomic E-state index is -4.68. The number of alkyl halides is 3. The molecule has 2 aliphatic rings. The van der Waals surface area contributed by atoms with E-state index in [1.807, 2.05) is 11.0 Å². The summed E-state index contributed by atoms with van der Waals surface area (Å²) >= 11 is 6.27. The summed E-state index contributed by atoms with van der Waals surface area (Å²) in [6.07, 6.45) is -2.89. The van der Waals surface area contributed by atoms with E-state index in [2.05, 4.69) is 24.1 Å². The van der Waals surface area contributed by atoms with Gasteiger partial charge in [-0.1, -0.05) is 37.6 Å². The van der Waals surface area contributed by atoms with Crippen LogP contribution in [-0.4, -0.2) is 30.2 Å². The van der Waals surface area contributed by atoms with E-state index >= 15 is 0 Å². The van der Waals surface area contributed by atoms with Crippen LogP contribution in [0, 0.1) is 12.3 Å². The van der Waals surface area contributed by atoms with E-state index in [1.54, 1.807) is 38.1 Å². The molecule has 2 N–H and O–H groups in total. The molecule has 230 valence electrons. The first-order valence-corrected chi connectivity index (χ1v) is 14.9. The van der Waals surface area contributed by atoms with Crippen LogP contribution in [0.5, 0.6) is 0 Å². The highest BCUT2D eigenvalue weighted by atomic mass is 35.5. The molecule has 0 bridgehead atoms. The molecule has 1 saturated heterocycles. The first-order chi connectivity index (χ1) is 20.7. The minimum absolute atomic E-state index is 0.112. The number of pyridine rings is 1. The Bertz CT molecular complexity index is 1820. The molecule has 0 amide bonds. The van der Waals surface area contributed by atoms with Crippen LogP contribution in [0.1, 0.15) is 61.9 Å². The van der Waals surface area contributed by atoms with Crippen LogP contribution in [-0.2, 0) is 17.4 Å². The Labute approximate surface area is 258 Å². The number of rotatable bonds is 5. The zero-order valence-electron chi connectivity index (χ0n) is 24.8. The number of piperidine rings is 1. The molecule has 0 radical (unpaired) electrons. The molecule has 0 spiro atoms. The number of anilines is 2. The van der Waals surface area contributed by atoms with Crippen LogP contribution in [0.3, 0.4) is 0 Å². The number of benzene rings is 2. The molecule has 4 aromatic rings. The molecule has 1 atom stereocenters. The predicted octanol–water partition coefficient (Wildman–Crippen LogP) is 6.85. The van der Waals surface area contributed by atoms with Gasteiger partial charge in [-0.3, -0.25) is 4.79 Å². The maximum Gasteiger partial charge on any atom is 0.491 e. The average molecular weight is 626 g/mol. The third kappa shape index (κ3) is 5.68. The van der Waals surface area contributed by atoms with Gasteiger partial charge in [-0.25, -0.2) is 4.98 Å². The minimum Gasteiger partial charge on any atom is -0.440 e. The van der Waals surface area contributed by atoms with E-state index < -0.39 is 30.3 Å². The summed E-state index contributed by atoms with van der Waals surface area (Å²) < 4.78 is 54.0. The lowest BCUT2D eigenvalue weighted by Gasteiger charge is -2.37. The standard InChI is InChI=1S/C32H32BClF3N3O4/c1-17-28(41)23-15-21(32(35,36)37)14-22(29(23)44-30(17)40-11-9-31(3,4)10-12-40)18(2)38-25-7-8-26(34)39-27(25)19-5-6-24-20(13-19)16-43-33(24)42/h5-8,13-15,18,38,42H,9-12,16H2,1-4H3. The fourth-order valence-corrected chi connectivity index (χ4v) is 6.12. The fourth-order valence-electron chi connectivity index (χ4n) is 5.97. The normalized spacial score (nSPS) is 17.2. The van der Waals surface area contributed by atoms with Gasteiger partial charge in [-0.2, -0.15) is 13.2 Å². The highest BCUT2D eigenvalue weighted by Crippen LogP contribution is 2.40. The van der Waals surface area contributed by atoms with Gasteiger partial charge in [0.2, 0.25) is 5.88 Å². The van der Waals surface area contributed by atoms with Crippen LogP contribution >= 0.6 is 11.6 Å². The summed E-state index contributed by atoms with van der Waals surface area (Å²) in [4.78, 5) is 20.1. The van der Waals surface area contributed by atoms with Crippen molar-refractivity contribution in [2.45, 2.75) is 59.4 Å². The smallest absolute Gasteiger partial charge is 0.440 e. The van der Waals surface area contributed by atoms with Gasteiger partial charge in [-0.05, 0) is 73.5 Å². The van der Waals surface area contributed by atoms with Crippen molar-refractivity contribution in [1.82, 2.24) is 4.98 Å². The zero-order chi connectivity index (χ0) is 31.6. The van der Waals surface area contributed by atoms with Crippen LogP contribution < -0.4 is 21.1 Å². The highest BCUT2D eigenvalue weighted by molar-refractivity contribution is 6.61. The van der Waals surface area contributed by atoms with Crippen LogP contribution in [0.25, 0.3) is 22.2 Å². The van der Waals surface area contributed by atoms with Gasteiger partial charge in [0, 0.05) is 24.2 Å². The van der Waals surface area contributed by atoms with Gasteiger partial charge in [0.25, 0.3) is 0 Å². The molecule has 1 unspecified atom stereocenters. The summed E-state index contributed by atoms with van der Waals surface area (Å²) in [5.41, 5.74) is 2.46. The number of halogens is 4. The quantitative estimate of drug-likeness (QED) is 0.185. The average Bonchev–Trinajstić information content (AvgIpc) is 3.34. The molecule has 6 rings (SSSR count). The van der Waals surface area contributed by atoms with E-state index in [0.717, 1.165) is 30.5 Å². The Balaban J connectivity index is 1.45. The van der Waals surface area contributed by atoms with Crippen molar-refractivity contribution in [1.29, 1.82) is 0 Å². The SMILES string of the molecule is Cc1c(N2CCC(C)(C)CC2)oc2c(C(C)Nc3ccc(Cl)nc3-c3ccc4c(c3)COB4O)cc(C(F)(F)F)cc2c1=O. The van der Waals surface area contributed by atoms with Gasteiger partial charge in [0.05, 0.1) is 40.5 Å². The molecule has 0 saturated carbocycles. The van der Waals surface area contributed by atoms with Crippen LogP contribution in [0.15, 0.2) is 51.7 Å². The molecule has 7 nitrogen and oxygen atoms in total. The summed E-state index contributed by atoms with van der Waals surface area (Å²) in [6.45, 7) is 9.28. The first kappa shape index (κ1) is 30.5. The second-order valence-electron chi connectivity index (χ2n) is 12.4. The largest absolute Gasteiger partial charge is 0.491 e. The Morgan fingerprint density at radius 3 is 2.57 bits per heavy atom. The molecule has 4 heterocycles. The fraction of sp³-hybridized carbons (Fsp3) is 0.375. The maximum absolute atomic E-state index is 14.1. The van der Waals surface area contributed by atoms with Crippen molar-refractivity contribution in [2.75, 3.05) is 23.3 Å². The second-order valence-corrected chi connectivity index (χ2v) is 12.8. The molecule has 44 heavy (non-hydrogen) atoms. The van der Waals surface area contributed by atoms with Gasteiger partial charge in [-0.15, -0.1) is 0 Å². The molecule has 2 aliphatic heterocycles. The van der Waals surface area contributed by atoms with Gasteiger partial charge in [0.1, 0.15) is 10.7 Å². The van der Waals surface area contributed by atoms with E-state index in [1.165, 1.54) is 0 Å². The summed E-state index contributed by atoms with van der Waals surface area (Å²) in [5.74, 6) is 0.391. The Morgan fingerprint density at radius 2 is 1.86 bits per heavy atom. The molecule has 2 aromatic carbocycles. The van der Waals surface area contributed by atoms with E-state index in [0.29, 0.717) is 41.4 Å². The van der Waals surface area contributed by atoms with Crippen LogP contribution in [0.4, 0.5) is 24.7 Å². The van der Waals surface area contributed by atoms with E-state index in [-0.39, 0.29) is 39.3 Å². The second kappa shape index (κ2) is 11.1. The monoisotopic (exact) mass is 625 g/mol. The number of hydrogen-bond acceptors (Lipinski definition) is 7. The third-order valence-corrected chi connectivity index (χ3v) is 8.94. The molecule has 0 aliphatic carbocycles. The molecular weight excluding hydrogens is 594 g/mol. The molecule has 2 aromatic heterocycles. The molecule has 12 heteroatoms. The predicted molar refractivity (Wildman–Crippen MR) is 167 cm³/mol. The van der Waals surface area contributed by atoms with E-state index in [9.17, 15) is 23.0 Å². The lowest BCUT2D eigenvalue weighted by Crippen LogP contribution is -2.38. The Kier molecular flexibility index (Phi) is 7.71. The number of aromatic nitrogens is 1. The third-order valence-electron chi connectivity index (χ3n) is 8.73. The van der Waals surface area contributed by atoms with Crippen molar-refractivity contribution in [2.24, 2.45) is 5.41 Å². The van der Waals surface area contributed by atoms with Crippen molar-refractivity contribution in [3.8, 4) is 11.3 Å². The van der Waals surface area contributed by atoms with Gasteiger partial charge < -0.3 is 24.3 Å². The summed E-state index contributed by atoms with van der Waals surface area (Å²) in [6, 6.07) is 9.84. The molecular formula is C32H32BClF3N3O4. The van der Waals surface area contributed by atoms with Crippen molar-refractivity contribution < 1.29 is 27.3 Å². The van der Waals surface area contributed by atoms with Crippen molar-refractivity contribution in [3.63, 3.8) is 0 Å². The number of hydrogen-bond donors (Lipinski definition) is 2. The summed E-state index contributed by atoms with van der Waals surface area (Å²) in [7, 11) is -1.00. The highest BCUT2D eigenvalue weighted by Gasteiger charge is 2.34. The van der Waals surface area contributed by atoms with Crippen molar-refractivity contribution >= 4 is 46.7 Å². The number of fused-ring (bicyclic) bond motifs is 2. The lowest BCUT2D eigenvalue weighted by molar-refractivity contribution is -0.137. The molecule has 1 fully saturated rings. The first-order valence-electron chi connectivity index (χ1n) is 14.5. The van der Waals surface area contributed by atoms with Crippen LogP contribution in [0.2, 0.25) is 5.15 Å². The number of nitrogens with zero attached hydrogens (tertiary/aromatic N) is 2. The van der Waals surface area contributed by atoms with Gasteiger partial charge >= 0.3 is 13.3 Å². The van der Waals surface area contributed by atoms with E-state index in [4.69, 9.17) is 20.7 Å². The lowest BCUT2D eigenvalue weighted by atomic mass is 9.79. The van der Waals surface area contributed by atoms with Gasteiger partial charge in [0.15, 0.2) is 5.43 Å². The zero-order valence-corrected chi connectivity index (χ0v) is 25.6. The Morgan fingerprint density at radius 1 is 1.14 bits per heavy atom.